The molecule has 4 nitrogen and oxygen atoms in total. The van der Waals surface area contributed by atoms with Crippen molar-refractivity contribution < 1.29 is 9.47 Å². The van der Waals surface area contributed by atoms with Crippen LogP contribution in [0.25, 0.3) is 11.3 Å². The van der Waals surface area contributed by atoms with E-state index in [1.165, 1.54) is 11.1 Å². The first kappa shape index (κ1) is 17.3. The lowest BCUT2D eigenvalue weighted by Gasteiger charge is -2.09. The number of thioether (sulfide) groups is 1. The van der Waals surface area contributed by atoms with Gasteiger partial charge in [-0.15, -0.1) is 10.2 Å². The van der Waals surface area contributed by atoms with Gasteiger partial charge in [0, 0.05) is 11.3 Å². The maximum Gasteiger partial charge on any atom is 0.161 e. The summed E-state index contributed by atoms with van der Waals surface area (Å²) in [6.45, 7) is 2.10. The number of nitrogens with zero attached hydrogens (tertiary/aromatic N) is 2. The molecule has 0 atom stereocenters. The molecule has 0 saturated carbocycles. The van der Waals surface area contributed by atoms with Crippen LogP contribution >= 0.6 is 11.8 Å². The highest BCUT2D eigenvalue weighted by Crippen LogP contribution is 2.31. The summed E-state index contributed by atoms with van der Waals surface area (Å²) in [5.41, 5.74) is 4.31. The van der Waals surface area contributed by atoms with Crippen molar-refractivity contribution in [3.63, 3.8) is 0 Å². The van der Waals surface area contributed by atoms with Crippen molar-refractivity contribution >= 4 is 11.8 Å². The molecule has 0 radical (unpaired) electrons. The predicted molar refractivity (Wildman–Crippen MR) is 101 cm³/mol. The number of aryl methyl sites for hydroxylation is 1. The topological polar surface area (TPSA) is 44.2 Å². The van der Waals surface area contributed by atoms with Crippen molar-refractivity contribution in [3.8, 4) is 22.8 Å². The molecule has 3 aromatic rings. The Morgan fingerprint density at radius 2 is 1.72 bits per heavy atom. The fourth-order valence-corrected chi connectivity index (χ4v) is 3.26. The number of methoxy groups -OCH3 is 2. The van der Waals surface area contributed by atoms with E-state index in [0.29, 0.717) is 11.5 Å². The number of benzene rings is 2. The number of hydrogen-bond donors (Lipinski definition) is 0. The standard InChI is InChI=1S/C20H20N2O2S/c1-14-5-4-6-15(11-14)13-25-20-10-8-17(21-22-20)16-7-9-18(23-2)19(12-16)24-3/h4-12H,13H2,1-3H3. The minimum absolute atomic E-state index is 0.680. The van der Waals surface area contributed by atoms with Crippen LogP contribution in [0.1, 0.15) is 11.1 Å². The van der Waals surface area contributed by atoms with Crippen LogP contribution in [-0.2, 0) is 5.75 Å². The van der Waals surface area contributed by atoms with Crippen LogP contribution < -0.4 is 9.47 Å². The Morgan fingerprint density at radius 3 is 2.40 bits per heavy atom. The molecule has 3 rings (SSSR count). The molecule has 0 aliphatic carbocycles. The van der Waals surface area contributed by atoms with E-state index >= 15 is 0 Å². The first-order chi connectivity index (χ1) is 12.2. The Morgan fingerprint density at radius 1 is 0.880 bits per heavy atom. The molecule has 0 unspecified atom stereocenters. The Balaban J connectivity index is 1.72. The molecule has 1 heterocycles. The summed E-state index contributed by atoms with van der Waals surface area (Å²) >= 11 is 1.68. The lowest BCUT2D eigenvalue weighted by Crippen LogP contribution is -1.93. The molecule has 0 aliphatic heterocycles. The van der Waals surface area contributed by atoms with Crippen LogP contribution in [0.5, 0.6) is 11.5 Å². The highest BCUT2D eigenvalue weighted by atomic mass is 32.2. The third-order valence-electron chi connectivity index (χ3n) is 3.79. The van der Waals surface area contributed by atoms with E-state index in [1.54, 1.807) is 26.0 Å². The lowest BCUT2D eigenvalue weighted by atomic mass is 10.1. The molecule has 0 amide bonds. The van der Waals surface area contributed by atoms with Gasteiger partial charge in [0.15, 0.2) is 11.5 Å². The van der Waals surface area contributed by atoms with Crippen molar-refractivity contribution in [1.29, 1.82) is 0 Å². The first-order valence-electron chi connectivity index (χ1n) is 7.94. The number of hydrogen-bond acceptors (Lipinski definition) is 5. The van der Waals surface area contributed by atoms with Crippen LogP contribution in [-0.4, -0.2) is 24.4 Å². The van der Waals surface area contributed by atoms with Crippen molar-refractivity contribution in [1.82, 2.24) is 10.2 Å². The Bertz CT molecular complexity index is 851. The van der Waals surface area contributed by atoms with Gasteiger partial charge in [0.2, 0.25) is 0 Å². The Kier molecular flexibility index (Phi) is 5.56. The molecule has 1 aromatic heterocycles. The van der Waals surface area contributed by atoms with Crippen molar-refractivity contribution in [2.24, 2.45) is 0 Å². The minimum atomic E-state index is 0.680. The molecule has 128 valence electrons. The molecule has 0 spiro atoms. The summed E-state index contributed by atoms with van der Waals surface area (Å²) < 4.78 is 10.6. The van der Waals surface area contributed by atoms with Gasteiger partial charge in [-0.25, -0.2) is 0 Å². The zero-order valence-corrected chi connectivity index (χ0v) is 15.3. The van der Waals surface area contributed by atoms with E-state index < -0.39 is 0 Å². The third-order valence-corrected chi connectivity index (χ3v) is 4.78. The smallest absolute Gasteiger partial charge is 0.161 e. The maximum absolute atomic E-state index is 5.34. The van der Waals surface area contributed by atoms with Crippen LogP contribution in [0.3, 0.4) is 0 Å². The average Bonchev–Trinajstić information content (AvgIpc) is 2.66. The van der Waals surface area contributed by atoms with E-state index in [9.17, 15) is 0 Å². The van der Waals surface area contributed by atoms with Gasteiger partial charge in [-0.05, 0) is 42.8 Å². The zero-order valence-electron chi connectivity index (χ0n) is 14.5. The third kappa shape index (κ3) is 4.31. The normalized spacial score (nSPS) is 10.5. The SMILES string of the molecule is COc1ccc(-c2ccc(SCc3cccc(C)c3)nn2)cc1OC. The summed E-state index contributed by atoms with van der Waals surface area (Å²) in [5.74, 6) is 2.26. The summed E-state index contributed by atoms with van der Waals surface area (Å²) in [6, 6.07) is 18.2. The molecule has 5 heteroatoms. The molecular weight excluding hydrogens is 332 g/mol. The van der Waals surface area contributed by atoms with Crippen molar-refractivity contribution in [3.05, 3.63) is 65.7 Å². The minimum Gasteiger partial charge on any atom is -0.493 e. The van der Waals surface area contributed by atoms with Crippen molar-refractivity contribution in [2.75, 3.05) is 14.2 Å². The van der Waals surface area contributed by atoms with E-state index in [2.05, 4.69) is 41.4 Å². The van der Waals surface area contributed by atoms with E-state index in [-0.39, 0.29) is 0 Å². The van der Waals surface area contributed by atoms with Gasteiger partial charge in [0.25, 0.3) is 0 Å². The summed E-state index contributed by atoms with van der Waals surface area (Å²) in [4.78, 5) is 0. The predicted octanol–water partition coefficient (Wildman–Crippen LogP) is 4.76. The monoisotopic (exact) mass is 352 g/mol. The molecule has 0 fully saturated rings. The number of aromatic nitrogens is 2. The summed E-state index contributed by atoms with van der Waals surface area (Å²) in [6.07, 6.45) is 0. The highest BCUT2D eigenvalue weighted by molar-refractivity contribution is 7.98. The molecule has 0 saturated heterocycles. The second kappa shape index (κ2) is 8.03. The van der Waals surface area contributed by atoms with Crippen LogP contribution in [0.15, 0.2) is 59.6 Å². The number of rotatable bonds is 6. The van der Waals surface area contributed by atoms with Gasteiger partial charge in [-0.3, -0.25) is 0 Å². The van der Waals surface area contributed by atoms with Crippen LogP contribution in [0, 0.1) is 6.92 Å². The maximum atomic E-state index is 5.34. The first-order valence-corrected chi connectivity index (χ1v) is 8.92. The quantitative estimate of drug-likeness (QED) is 0.598. The molecule has 0 bridgehead atoms. The fraction of sp³-hybridized carbons (Fsp3) is 0.200. The van der Waals surface area contributed by atoms with E-state index in [4.69, 9.17) is 9.47 Å². The molecule has 25 heavy (non-hydrogen) atoms. The van der Waals surface area contributed by atoms with Gasteiger partial charge in [-0.1, -0.05) is 41.6 Å². The molecule has 2 aromatic carbocycles. The lowest BCUT2D eigenvalue weighted by molar-refractivity contribution is 0.355. The second-order valence-corrected chi connectivity index (χ2v) is 6.60. The van der Waals surface area contributed by atoms with Crippen LogP contribution in [0.4, 0.5) is 0 Å². The Labute approximate surface area is 152 Å². The summed E-state index contributed by atoms with van der Waals surface area (Å²) in [7, 11) is 3.25. The molecular formula is C20H20N2O2S. The van der Waals surface area contributed by atoms with Gasteiger partial charge in [0.05, 0.1) is 19.9 Å². The van der Waals surface area contributed by atoms with Gasteiger partial charge in [-0.2, -0.15) is 0 Å². The molecule has 0 N–H and O–H groups in total. The fourth-order valence-electron chi connectivity index (χ4n) is 2.51. The van der Waals surface area contributed by atoms with Crippen LogP contribution in [0.2, 0.25) is 0 Å². The van der Waals surface area contributed by atoms with E-state index in [0.717, 1.165) is 22.0 Å². The molecule has 0 aliphatic rings. The van der Waals surface area contributed by atoms with Crippen molar-refractivity contribution in [2.45, 2.75) is 17.7 Å². The average molecular weight is 352 g/mol. The number of ether oxygens (including phenoxy) is 2. The van der Waals surface area contributed by atoms with Gasteiger partial charge < -0.3 is 9.47 Å². The Hall–Kier alpha value is -2.53. The van der Waals surface area contributed by atoms with Gasteiger partial charge in [0.1, 0.15) is 5.03 Å². The van der Waals surface area contributed by atoms with E-state index in [1.807, 2.05) is 30.3 Å². The van der Waals surface area contributed by atoms with Gasteiger partial charge >= 0.3 is 0 Å². The zero-order chi connectivity index (χ0) is 17.6. The largest absolute Gasteiger partial charge is 0.493 e. The highest BCUT2D eigenvalue weighted by Gasteiger charge is 2.08. The summed E-state index contributed by atoms with van der Waals surface area (Å²) in [5, 5.41) is 9.58. The second-order valence-electron chi connectivity index (χ2n) is 5.60.